The summed E-state index contributed by atoms with van der Waals surface area (Å²) in [5.41, 5.74) is 4.47. The first kappa shape index (κ1) is 15.0. The van der Waals surface area contributed by atoms with Crippen LogP contribution in [0.15, 0.2) is 78.3 Å². The van der Waals surface area contributed by atoms with Crippen molar-refractivity contribution in [3.63, 3.8) is 0 Å². The molecular weight excluding hydrogens is 314 g/mol. The molecule has 0 atom stereocenters. The van der Waals surface area contributed by atoms with Gasteiger partial charge in [-0.1, -0.05) is 17.3 Å². The summed E-state index contributed by atoms with van der Waals surface area (Å²) in [5.74, 6) is 0.102. The van der Waals surface area contributed by atoms with Gasteiger partial charge in [-0.25, -0.2) is 0 Å². The summed E-state index contributed by atoms with van der Waals surface area (Å²) in [6.45, 7) is 0. The Hall–Kier alpha value is -3.60. The molecule has 0 unspecified atom stereocenters. The SMILES string of the molecule is O/N=C(\c1cccnc1)c1cc(O)cc(-c2cccc3[nH]ccc23)c1. The smallest absolute Gasteiger partial charge is 0.118 e. The average molecular weight is 329 g/mol. The number of benzene rings is 2. The van der Waals surface area contributed by atoms with Crippen LogP contribution in [0.3, 0.4) is 0 Å². The van der Waals surface area contributed by atoms with E-state index in [4.69, 9.17) is 0 Å². The third-order valence-electron chi connectivity index (χ3n) is 4.13. The van der Waals surface area contributed by atoms with Crippen LogP contribution in [0, 0.1) is 0 Å². The number of hydrogen-bond donors (Lipinski definition) is 3. The molecule has 5 nitrogen and oxygen atoms in total. The number of phenolic OH excluding ortho intramolecular Hbond substituents is 1. The molecule has 5 heteroatoms. The van der Waals surface area contributed by atoms with E-state index < -0.39 is 0 Å². The fraction of sp³-hybridized carbons (Fsp3) is 0. The maximum atomic E-state index is 10.2. The normalized spacial score (nSPS) is 11.8. The van der Waals surface area contributed by atoms with E-state index in [0.29, 0.717) is 16.8 Å². The molecule has 2 aromatic carbocycles. The summed E-state index contributed by atoms with van der Waals surface area (Å²) >= 11 is 0. The first-order chi connectivity index (χ1) is 12.3. The van der Waals surface area contributed by atoms with Crippen molar-refractivity contribution < 1.29 is 10.3 Å². The van der Waals surface area contributed by atoms with E-state index in [9.17, 15) is 10.3 Å². The van der Waals surface area contributed by atoms with Crippen LogP contribution in [0.1, 0.15) is 11.1 Å². The van der Waals surface area contributed by atoms with E-state index in [1.165, 1.54) is 0 Å². The van der Waals surface area contributed by atoms with Gasteiger partial charge < -0.3 is 15.3 Å². The van der Waals surface area contributed by atoms with Crippen LogP contribution < -0.4 is 0 Å². The minimum absolute atomic E-state index is 0.102. The van der Waals surface area contributed by atoms with E-state index in [1.807, 2.05) is 36.5 Å². The summed E-state index contributed by atoms with van der Waals surface area (Å²) in [5, 5.41) is 24.2. The number of nitrogens with one attached hydrogen (secondary N) is 1. The highest BCUT2D eigenvalue weighted by Crippen LogP contribution is 2.32. The number of fused-ring (bicyclic) bond motifs is 1. The molecule has 0 bridgehead atoms. The second kappa shape index (κ2) is 6.13. The molecule has 0 radical (unpaired) electrons. The van der Waals surface area contributed by atoms with Gasteiger partial charge in [-0.15, -0.1) is 0 Å². The van der Waals surface area contributed by atoms with Crippen LogP contribution in [0.5, 0.6) is 5.75 Å². The Labute approximate surface area is 143 Å². The van der Waals surface area contributed by atoms with Crippen molar-refractivity contribution in [2.24, 2.45) is 5.16 Å². The van der Waals surface area contributed by atoms with Crippen LogP contribution in [0.2, 0.25) is 0 Å². The van der Waals surface area contributed by atoms with Crippen molar-refractivity contribution in [1.29, 1.82) is 0 Å². The first-order valence-corrected chi connectivity index (χ1v) is 7.79. The van der Waals surface area contributed by atoms with E-state index in [2.05, 4.69) is 15.1 Å². The molecule has 0 amide bonds. The van der Waals surface area contributed by atoms with Crippen molar-refractivity contribution >= 4 is 16.6 Å². The molecule has 0 aliphatic carbocycles. The van der Waals surface area contributed by atoms with E-state index >= 15 is 0 Å². The Morgan fingerprint density at radius 2 is 1.92 bits per heavy atom. The van der Waals surface area contributed by atoms with Crippen LogP contribution in [-0.2, 0) is 0 Å². The minimum Gasteiger partial charge on any atom is -0.508 e. The highest BCUT2D eigenvalue weighted by molar-refractivity contribution is 6.13. The molecule has 0 fully saturated rings. The number of aromatic amines is 1. The number of oxime groups is 1. The highest BCUT2D eigenvalue weighted by atomic mass is 16.4. The molecule has 0 aliphatic rings. The molecule has 2 heterocycles. The fourth-order valence-electron chi connectivity index (χ4n) is 3.03. The predicted octanol–water partition coefficient (Wildman–Crippen LogP) is 4.16. The number of phenols is 1. The van der Waals surface area contributed by atoms with Gasteiger partial charge in [-0.05, 0) is 53.6 Å². The molecule has 0 spiro atoms. The van der Waals surface area contributed by atoms with Crippen molar-refractivity contribution in [3.05, 3.63) is 84.3 Å². The second-order valence-corrected chi connectivity index (χ2v) is 5.70. The maximum absolute atomic E-state index is 10.2. The summed E-state index contributed by atoms with van der Waals surface area (Å²) < 4.78 is 0. The summed E-state index contributed by atoms with van der Waals surface area (Å²) in [6, 6.07) is 16.7. The lowest BCUT2D eigenvalue weighted by atomic mass is 9.96. The van der Waals surface area contributed by atoms with E-state index in [-0.39, 0.29) is 5.75 Å². The van der Waals surface area contributed by atoms with Gasteiger partial charge >= 0.3 is 0 Å². The molecule has 4 aromatic rings. The van der Waals surface area contributed by atoms with E-state index in [1.54, 1.807) is 36.7 Å². The lowest BCUT2D eigenvalue weighted by Gasteiger charge is -2.10. The minimum atomic E-state index is 0.102. The third-order valence-corrected chi connectivity index (χ3v) is 4.13. The molecule has 3 N–H and O–H groups in total. The molecule has 0 saturated heterocycles. The molecule has 0 saturated carbocycles. The van der Waals surface area contributed by atoms with Crippen molar-refractivity contribution in [2.45, 2.75) is 0 Å². The zero-order chi connectivity index (χ0) is 17.2. The maximum Gasteiger partial charge on any atom is 0.118 e. The van der Waals surface area contributed by atoms with Gasteiger partial charge in [-0.3, -0.25) is 4.98 Å². The molecule has 25 heavy (non-hydrogen) atoms. The molecule has 0 aliphatic heterocycles. The number of rotatable bonds is 3. The van der Waals surface area contributed by atoms with Gasteiger partial charge in [0.15, 0.2) is 0 Å². The van der Waals surface area contributed by atoms with Crippen LogP contribution in [0.25, 0.3) is 22.0 Å². The zero-order valence-corrected chi connectivity index (χ0v) is 13.2. The Morgan fingerprint density at radius 1 is 1.00 bits per heavy atom. The van der Waals surface area contributed by atoms with Gasteiger partial charge in [0.25, 0.3) is 0 Å². The quantitative estimate of drug-likeness (QED) is 0.300. The molecule has 122 valence electrons. The Kier molecular flexibility index (Phi) is 3.67. The number of aromatic nitrogens is 2. The lowest BCUT2D eigenvalue weighted by molar-refractivity contribution is 0.319. The molecular formula is C20H15N3O2. The standard InChI is InChI=1S/C20H15N3O2/c24-16-10-14(17-4-1-5-19-18(17)6-8-22-19)9-15(11-16)20(23-25)13-3-2-7-21-12-13/h1-12,22,24-25H/b23-20+. The molecule has 4 rings (SSSR count). The lowest BCUT2D eigenvalue weighted by Crippen LogP contribution is -2.04. The number of aromatic hydroxyl groups is 1. The average Bonchev–Trinajstić information content (AvgIpc) is 3.11. The second-order valence-electron chi connectivity index (χ2n) is 5.70. The summed E-state index contributed by atoms with van der Waals surface area (Å²) in [4.78, 5) is 7.24. The topological polar surface area (TPSA) is 81.5 Å². The highest BCUT2D eigenvalue weighted by Gasteiger charge is 2.13. The van der Waals surface area contributed by atoms with Crippen LogP contribution >= 0.6 is 0 Å². The van der Waals surface area contributed by atoms with Gasteiger partial charge in [0.05, 0.1) is 0 Å². The first-order valence-electron chi connectivity index (χ1n) is 7.79. The number of H-pyrrole nitrogens is 1. The van der Waals surface area contributed by atoms with Crippen molar-refractivity contribution in [3.8, 4) is 16.9 Å². The Bertz CT molecular complexity index is 1070. The molecule has 2 aromatic heterocycles. The van der Waals surface area contributed by atoms with Gasteiger partial charge in [-0.2, -0.15) is 0 Å². The van der Waals surface area contributed by atoms with Gasteiger partial charge in [0.2, 0.25) is 0 Å². The fourth-order valence-corrected chi connectivity index (χ4v) is 3.03. The monoisotopic (exact) mass is 329 g/mol. The van der Waals surface area contributed by atoms with Crippen LogP contribution in [-0.4, -0.2) is 26.0 Å². The van der Waals surface area contributed by atoms with Crippen LogP contribution in [0.4, 0.5) is 0 Å². The number of pyridine rings is 1. The summed E-state index contributed by atoms with van der Waals surface area (Å²) in [6.07, 6.45) is 5.15. The van der Waals surface area contributed by atoms with Gasteiger partial charge in [0.1, 0.15) is 11.5 Å². The number of hydrogen-bond acceptors (Lipinski definition) is 4. The Balaban J connectivity index is 1.89. The largest absolute Gasteiger partial charge is 0.508 e. The summed E-state index contributed by atoms with van der Waals surface area (Å²) in [7, 11) is 0. The van der Waals surface area contributed by atoms with E-state index in [0.717, 1.165) is 22.0 Å². The predicted molar refractivity (Wildman–Crippen MR) is 97.1 cm³/mol. The Morgan fingerprint density at radius 3 is 2.72 bits per heavy atom. The van der Waals surface area contributed by atoms with Crippen molar-refractivity contribution in [2.75, 3.05) is 0 Å². The zero-order valence-electron chi connectivity index (χ0n) is 13.2. The third kappa shape index (κ3) is 2.72. The van der Waals surface area contributed by atoms with Gasteiger partial charge in [0, 0.05) is 40.6 Å². The number of nitrogens with zero attached hydrogens (tertiary/aromatic N) is 2. The van der Waals surface area contributed by atoms with Crippen molar-refractivity contribution in [1.82, 2.24) is 9.97 Å².